The molecular weight excluding hydrogens is 355 g/mol. The van der Waals surface area contributed by atoms with Crippen LogP contribution in [0.3, 0.4) is 0 Å². The molecule has 0 atom stereocenters. The van der Waals surface area contributed by atoms with Gasteiger partial charge in [-0.25, -0.2) is 4.98 Å². The monoisotopic (exact) mass is 376 g/mol. The van der Waals surface area contributed by atoms with Gasteiger partial charge in [0, 0.05) is 11.8 Å². The van der Waals surface area contributed by atoms with Gasteiger partial charge in [0.25, 0.3) is 0 Å². The molecule has 4 rings (SSSR count). The summed E-state index contributed by atoms with van der Waals surface area (Å²) in [7, 11) is 2.12. The van der Waals surface area contributed by atoms with Crippen LogP contribution in [0.4, 0.5) is 19.0 Å². The van der Waals surface area contributed by atoms with Crippen LogP contribution in [0.2, 0.25) is 0 Å². The average molecular weight is 376 g/mol. The predicted molar refractivity (Wildman–Crippen MR) is 97.0 cm³/mol. The number of nitrogens with zero attached hydrogens (tertiary/aromatic N) is 4. The van der Waals surface area contributed by atoms with E-state index in [4.69, 9.17) is 0 Å². The maximum atomic E-state index is 13.8. The number of fused-ring (bicyclic) bond motifs is 1. The van der Waals surface area contributed by atoms with E-state index in [0.29, 0.717) is 17.1 Å². The lowest BCUT2D eigenvalue weighted by Crippen LogP contribution is -3.12. The van der Waals surface area contributed by atoms with E-state index in [0.717, 1.165) is 26.2 Å². The van der Waals surface area contributed by atoms with Gasteiger partial charge in [0.1, 0.15) is 5.82 Å². The fraction of sp³-hybridized carbons (Fsp3) is 0.368. The molecule has 2 aromatic heterocycles. The van der Waals surface area contributed by atoms with Crippen LogP contribution in [0, 0.1) is 6.92 Å². The van der Waals surface area contributed by atoms with Gasteiger partial charge in [-0.1, -0.05) is 30.3 Å². The highest BCUT2D eigenvalue weighted by Crippen LogP contribution is 2.39. The highest BCUT2D eigenvalue weighted by Gasteiger charge is 2.39. The molecule has 5 nitrogen and oxygen atoms in total. The van der Waals surface area contributed by atoms with Gasteiger partial charge in [0.05, 0.1) is 38.8 Å². The SMILES string of the molecule is Cc1cc(N2CC[NH+](C)CC2)n2nc(C(F)(F)F)c(-c3ccccc3)c2n1. The van der Waals surface area contributed by atoms with E-state index >= 15 is 0 Å². The second kappa shape index (κ2) is 6.53. The Morgan fingerprint density at radius 1 is 1.07 bits per heavy atom. The smallest absolute Gasteiger partial charge is 0.345 e. The van der Waals surface area contributed by atoms with Crippen molar-refractivity contribution in [1.82, 2.24) is 14.6 Å². The number of aryl methyl sites for hydroxylation is 1. The van der Waals surface area contributed by atoms with Crippen LogP contribution in [0.1, 0.15) is 11.4 Å². The molecule has 1 aliphatic rings. The van der Waals surface area contributed by atoms with Crippen molar-refractivity contribution < 1.29 is 18.1 Å². The van der Waals surface area contributed by atoms with Crippen LogP contribution in [-0.4, -0.2) is 47.8 Å². The molecule has 27 heavy (non-hydrogen) atoms. The summed E-state index contributed by atoms with van der Waals surface area (Å²) in [4.78, 5) is 7.93. The van der Waals surface area contributed by atoms with Gasteiger partial charge >= 0.3 is 6.18 Å². The van der Waals surface area contributed by atoms with Crippen molar-refractivity contribution in [2.75, 3.05) is 38.1 Å². The topological polar surface area (TPSA) is 37.9 Å². The lowest BCUT2D eigenvalue weighted by atomic mass is 10.1. The lowest BCUT2D eigenvalue weighted by molar-refractivity contribution is -0.880. The minimum Gasteiger partial charge on any atom is -0.345 e. The predicted octanol–water partition coefficient (Wildman–Crippen LogP) is 2.06. The summed E-state index contributed by atoms with van der Waals surface area (Å²) < 4.78 is 42.7. The number of nitrogens with one attached hydrogen (secondary N) is 1. The molecule has 1 aliphatic heterocycles. The quantitative estimate of drug-likeness (QED) is 0.744. The third-order valence-corrected chi connectivity index (χ3v) is 4.97. The number of hydrogen-bond donors (Lipinski definition) is 1. The number of rotatable bonds is 2. The third kappa shape index (κ3) is 3.25. The zero-order valence-electron chi connectivity index (χ0n) is 15.2. The van der Waals surface area contributed by atoms with Crippen LogP contribution in [0.25, 0.3) is 16.8 Å². The number of halogens is 3. The van der Waals surface area contributed by atoms with Crippen LogP contribution < -0.4 is 9.80 Å². The largest absolute Gasteiger partial charge is 0.435 e. The number of hydrogen-bond acceptors (Lipinski definition) is 3. The van der Waals surface area contributed by atoms with E-state index in [1.807, 2.05) is 6.07 Å². The summed E-state index contributed by atoms with van der Waals surface area (Å²) in [6.45, 7) is 5.21. The van der Waals surface area contributed by atoms with Crippen molar-refractivity contribution in [2.45, 2.75) is 13.1 Å². The van der Waals surface area contributed by atoms with Crippen LogP contribution >= 0.6 is 0 Å². The maximum absolute atomic E-state index is 13.8. The summed E-state index contributed by atoms with van der Waals surface area (Å²) in [5.74, 6) is 0.665. The van der Waals surface area contributed by atoms with E-state index in [-0.39, 0.29) is 11.2 Å². The summed E-state index contributed by atoms with van der Waals surface area (Å²) in [5, 5.41) is 3.98. The van der Waals surface area contributed by atoms with Crippen molar-refractivity contribution >= 4 is 11.5 Å². The van der Waals surface area contributed by atoms with Crippen molar-refractivity contribution in [1.29, 1.82) is 0 Å². The molecule has 0 unspecified atom stereocenters. The van der Waals surface area contributed by atoms with Gasteiger partial charge in [-0.05, 0) is 12.5 Å². The molecule has 3 aromatic rings. The first kappa shape index (κ1) is 17.8. The van der Waals surface area contributed by atoms with E-state index < -0.39 is 11.9 Å². The number of anilines is 1. The second-order valence-electron chi connectivity index (χ2n) is 7.02. The van der Waals surface area contributed by atoms with E-state index in [9.17, 15) is 13.2 Å². The molecule has 0 radical (unpaired) electrons. The number of alkyl halides is 3. The molecule has 0 aliphatic carbocycles. The van der Waals surface area contributed by atoms with Crippen LogP contribution in [0.5, 0.6) is 0 Å². The molecule has 0 amide bonds. The Balaban J connectivity index is 1.96. The zero-order valence-corrected chi connectivity index (χ0v) is 15.2. The number of piperazine rings is 1. The Morgan fingerprint density at radius 3 is 2.37 bits per heavy atom. The minimum atomic E-state index is -4.56. The standard InChI is InChI=1S/C19H20F3N5/c1-13-12-15(26-10-8-25(2)9-11-26)27-18(23-13)16(14-6-4-3-5-7-14)17(24-27)19(20,21)22/h3-7,12H,8-11H2,1-2H3/p+1. The lowest BCUT2D eigenvalue weighted by Gasteiger charge is -2.31. The molecule has 3 heterocycles. The molecule has 1 N–H and O–H groups in total. The second-order valence-corrected chi connectivity index (χ2v) is 7.02. The first-order valence-corrected chi connectivity index (χ1v) is 8.94. The minimum absolute atomic E-state index is 0.0350. The summed E-state index contributed by atoms with van der Waals surface area (Å²) in [6, 6.07) is 10.4. The summed E-state index contributed by atoms with van der Waals surface area (Å²) in [6.07, 6.45) is -4.56. The fourth-order valence-corrected chi connectivity index (χ4v) is 3.53. The number of benzene rings is 1. The van der Waals surface area contributed by atoms with Gasteiger partial charge < -0.3 is 9.80 Å². The summed E-state index contributed by atoms with van der Waals surface area (Å²) in [5.41, 5.74) is 0.525. The highest BCUT2D eigenvalue weighted by molar-refractivity contribution is 5.81. The first-order valence-electron chi connectivity index (χ1n) is 8.94. The van der Waals surface area contributed by atoms with Crippen molar-refractivity contribution in [2.24, 2.45) is 0 Å². The molecule has 0 saturated carbocycles. The molecule has 0 spiro atoms. The van der Waals surface area contributed by atoms with Gasteiger partial charge in [-0.15, -0.1) is 0 Å². The van der Waals surface area contributed by atoms with E-state index in [1.165, 1.54) is 9.42 Å². The Kier molecular flexibility index (Phi) is 4.30. The Bertz CT molecular complexity index is 957. The fourth-order valence-electron chi connectivity index (χ4n) is 3.53. The molecular formula is C19H21F3N5+. The molecule has 0 bridgehead atoms. The summed E-state index contributed by atoms with van der Waals surface area (Å²) >= 11 is 0. The third-order valence-electron chi connectivity index (χ3n) is 4.97. The zero-order chi connectivity index (χ0) is 19.2. The molecule has 142 valence electrons. The Morgan fingerprint density at radius 2 is 1.74 bits per heavy atom. The van der Waals surface area contributed by atoms with Gasteiger partial charge in [-0.3, -0.25) is 0 Å². The Labute approximate surface area is 155 Å². The van der Waals surface area contributed by atoms with E-state index in [2.05, 4.69) is 22.0 Å². The number of likely N-dealkylation sites (N-methyl/N-ethyl adjacent to an activating group) is 1. The first-order chi connectivity index (χ1) is 12.8. The molecule has 1 aromatic carbocycles. The van der Waals surface area contributed by atoms with Crippen molar-refractivity contribution in [3.05, 3.63) is 47.8 Å². The van der Waals surface area contributed by atoms with Gasteiger partial charge in [-0.2, -0.15) is 22.8 Å². The van der Waals surface area contributed by atoms with Gasteiger partial charge in [0.15, 0.2) is 11.3 Å². The Hall–Kier alpha value is -2.61. The van der Waals surface area contributed by atoms with E-state index in [1.54, 1.807) is 37.3 Å². The van der Waals surface area contributed by atoms with Crippen molar-refractivity contribution in [3.8, 4) is 11.1 Å². The number of quaternary nitrogens is 1. The van der Waals surface area contributed by atoms with Crippen molar-refractivity contribution in [3.63, 3.8) is 0 Å². The van der Waals surface area contributed by atoms with Crippen LogP contribution in [-0.2, 0) is 6.18 Å². The maximum Gasteiger partial charge on any atom is 0.435 e. The number of aromatic nitrogens is 3. The highest BCUT2D eigenvalue weighted by atomic mass is 19.4. The molecule has 8 heteroatoms. The molecule has 1 saturated heterocycles. The molecule has 1 fully saturated rings. The normalized spacial score (nSPS) is 16.3. The van der Waals surface area contributed by atoms with Crippen LogP contribution in [0.15, 0.2) is 36.4 Å². The average Bonchev–Trinajstić information content (AvgIpc) is 3.02. The van der Waals surface area contributed by atoms with Gasteiger partial charge in [0.2, 0.25) is 0 Å².